The molecule has 4 heteroatoms. The third-order valence-electron chi connectivity index (χ3n) is 5.01. The molecule has 0 spiro atoms. The number of hydrogen-bond acceptors (Lipinski definition) is 2. The number of thiocarbonyl (C=S) groups is 1. The van der Waals surface area contributed by atoms with Crippen LogP contribution in [0.15, 0.2) is 71.3 Å². The lowest BCUT2D eigenvalue weighted by atomic mass is 9.77. The largest absolute Gasteiger partial charge is 0.375 e. The molecule has 2 N–H and O–H groups in total. The van der Waals surface area contributed by atoms with E-state index in [-0.39, 0.29) is 6.04 Å². The lowest BCUT2D eigenvalue weighted by Gasteiger charge is -2.29. The van der Waals surface area contributed by atoms with Crippen LogP contribution in [0, 0.1) is 5.92 Å². The van der Waals surface area contributed by atoms with Crippen LogP contribution in [0.25, 0.3) is 6.08 Å². The summed E-state index contributed by atoms with van der Waals surface area (Å²) in [6.07, 6.45) is 5.59. The van der Waals surface area contributed by atoms with Gasteiger partial charge in [0.15, 0.2) is 5.11 Å². The Morgan fingerprint density at radius 3 is 2.44 bits per heavy atom. The molecule has 1 aliphatic heterocycles. The lowest BCUT2D eigenvalue weighted by molar-refractivity contribution is 0.305. The smallest absolute Gasteiger partial charge is 0.187 e. The van der Waals surface area contributed by atoms with Crippen molar-refractivity contribution in [3.05, 3.63) is 77.4 Å². The number of nitrogens with zero attached hydrogens (tertiary/aromatic N) is 2. The van der Waals surface area contributed by atoms with Gasteiger partial charge in [0.1, 0.15) is 0 Å². The van der Waals surface area contributed by atoms with Crippen LogP contribution in [-0.4, -0.2) is 15.8 Å². The van der Waals surface area contributed by atoms with Crippen molar-refractivity contribution in [1.82, 2.24) is 5.01 Å². The summed E-state index contributed by atoms with van der Waals surface area (Å²) in [4.78, 5) is 0. The van der Waals surface area contributed by atoms with Gasteiger partial charge in [0.25, 0.3) is 0 Å². The highest BCUT2D eigenvalue weighted by Crippen LogP contribution is 2.44. The third-order valence-corrected chi connectivity index (χ3v) is 5.20. The zero-order chi connectivity index (χ0) is 17.2. The number of hydrazone groups is 1. The quantitative estimate of drug-likeness (QED) is 0.812. The van der Waals surface area contributed by atoms with Crippen LogP contribution in [-0.2, 0) is 0 Å². The van der Waals surface area contributed by atoms with Crippen molar-refractivity contribution < 1.29 is 0 Å². The maximum absolute atomic E-state index is 6.01. The summed E-state index contributed by atoms with van der Waals surface area (Å²) in [5.74, 6) is 0.340. The molecule has 0 amide bonds. The van der Waals surface area contributed by atoms with Gasteiger partial charge in [-0.05, 0) is 54.3 Å². The fourth-order valence-corrected chi connectivity index (χ4v) is 4.07. The van der Waals surface area contributed by atoms with Crippen molar-refractivity contribution >= 4 is 29.1 Å². The highest BCUT2D eigenvalue weighted by atomic mass is 32.1. The highest BCUT2D eigenvalue weighted by Gasteiger charge is 2.42. The molecule has 0 aromatic heterocycles. The Bertz CT molecular complexity index is 827. The van der Waals surface area contributed by atoms with Crippen molar-refractivity contribution in [3.8, 4) is 0 Å². The molecule has 0 unspecified atom stereocenters. The van der Waals surface area contributed by atoms with Crippen LogP contribution in [0.4, 0.5) is 0 Å². The normalized spacial score (nSPS) is 24.1. The number of benzene rings is 2. The summed E-state index contributed by atoms with van der Waals surface area (Å²) in [6.45, 7) is 0. The zero-order valence-electron chi connectivity index (χ0n) is 14.0. The molecule has 1 saturated carbocycles. The predicted molar refractivity (Wildman–Crippen MR) is 107 cm³/mol. The Balaban J connectivity index is 1.74. The number of allylic oxidation sites excluding steroid dienone is 1. The summed E-state index contributed by atoms with van der Waals surface area (Å²) in [7, 11) is 0. The van der Waals surface area contributed by atoms with E-state index in [0.717, 1.165) is 25.0 Å². The van der Waals surface area contributed by atoms with Gasteiger partial charge < -0.3 is 5.73 Å². The first-order valence-corrected chi connectivity index (χ1v) is 9.13. The van der Waals surface area contributed by atoms with E-state index in [1.54, 1.807) is 0 Å². The minimum Gasteiger partial charge on any atom is -0.375 e. The van der Waals surface area contributed by atoms with E-state index in [0.29, 0.717) is 11.0 Å². The maximum atomic E-state index is 6.01. The van der Waals surface area contributed by atoms with Gasteiger partial charge >= 0.3 is 0 Å². The van der Waals surface area contributed by atoms with Crippen molar-refractivity contribution in [3.63, 3.8) is 0 Å². The van der Waals surface area contributed by atoms with E-state index >= 15 is 0 Å². The van der Waals surface area contributed by atoms with Crippen LogP contribution in [0.5, 0.6) is 0 Å². The standard InChI is InChI=1S/C21H21N3S/c22-21(25)24-20(16-10-5-2-6-11-16)18-13-7-12-17(19(18)23-24)14-15-8-3-1-4-9-15/h1-6,8-11,14,18,20H,7,12-13H2,(H2,22,25)/b17-14-/t18-,20+/m0/s1. The molecule has 0 radical (unpaired) electrons. The van der Waals surface area contributed by atoms with Crippen LogP contribution in [0.3, 0.4) is 0 Å². The fourth-order valence-electron chi connectivity index (χ4n) is 3.92. The van der Waals surface area contributed by atoms with E-state index in [4.69, 9.17) is 23.1 Å². The van der Waals surface area contributed by atoms with Crippen LogP contribution < -0.4 is 5.73 Å². The zero-order valence-corrected chi connectivity index (χ0v) is 14.8. The fraction of sp³-hybridized carbons (Fsp3) is 0.238. The summed E-state index contributed by atoms with van der Waals surface area (Å²) in [5, 5.41) is 7.04. The molecule has 0 saturated heterocycles. The second-order valence-electron chi connectivity index (χ2n) is 6.60. The monoisotopic (exact) mass is 347 g/mol. The average Bonchev–Trinajstić information content (AvgIpc) is 3.04. The van der Waals surface area contributed by atoms with Gasteiger partial charge in [-0.1, -0.05) is 60.7 Å². The Labute approximate surface area is 153 Å². The Morgan fingerprint density at radius 1 is 1.08 bits per heavy atom. The molecule has 1 aliphatic carbocycles. The molecule has 1 heterocycles. The Hall–Kier alpha value is -2.46. The van der Waals surface area contributed by atoms with Crippen molar-refractivity contribution in [1.29, 1.82) is 0 Å². The molecule has 2 aromatic carbocycles. The van der Waals surface area contributed by atoms with E-state index in [1.165, 1.54) is 16.7 Å². The van der Waals surface area contributed by atoms with Gasteiger partial charge in [-0.3, -0.25) is 0 Å². The van der Waals surface area contributed by atoms with Crippen LogP contribution in [0.2, 0.25) is 0 Å². The van der Waals surface area contributed by atoms with E-state index in [1.807, 2.05) is 17.1 Å². The molecule has 3 nitrogen and oxygen atoms in total. The molecule has 25 heavy (non-hydrogen) atoms. The SMILES string of the molecule is NC(=S)N1N=C2/C(=C\c3ccccc3)CCC[C@@H]2[C@H]1c1ccccc1. The summed E-state index contributed by atoms with van der Waals surface area (Å²) < 4.78 is 0. The minimum absolute atomic E-state index is 0.105. The number of hydrogen-bond donors (Lipinski definition) is 1. The molecule has 4 rings (SSSR count). The van der Waals surface area contributed by atoms with Crippen molar-refractivity contribution in [2.24, 2.45) is 16.8 Å². The molecule has 2 aromatic rings. The first-order chi connectivity index (χ1) is 12.2. The molecule has 2 atom stereocenters. The van der Waals surface area contributed by atoms with Gasteiger partial charge in [-0.15, -0.1) is 0 Å². The van der Waals surface area contributed by atoms with Gasteiger partial charge in [-0.25, -0.2) is 5.01 Å². The Kier molecular flexibility index (Phi) is 4.36. The average molecular weight is 347 g/mol. The Morgan fingerprint density at radius 2 is 1.76 bits per heavy atom. The molecular weight excluding hydrogens is 326 g/mol. The second-order valence-corrected chi connectivity index (χ2v) is 7.02. The number of rotatable bonds is 2. The topological polar surface area (TPSA) is 41.6 Å². The predicted octanol–water partition coefficient (Wildman–Crippen LogP) is 4.53. The summed E-state index contributed by atoms with van der Waals surface area (Å²) in [6, 6.07) is 21.0. The van der Waals surface area contributed by atoms with Gasteiger partial charge in [0, 0.05) is 5.92 Å². The van der Waals surface area contributed by atoms with Gasteiger partial charge in [0.05, 0.1) is 11.8 Å². The molecule has 2 aliphatic rings. The molecule has 0 bridgehead atoms. The van der Waals surface area contributed by atoms with Gasteiger partial charge in [-0.2, -0.15) is 5.10 Å². The van der Waals surface area contributed by atoms with Crippen LogP contribution >= 0.6 is 12.2 Å². The van der Waals surface area contributed by atoms with Crippen LogP contribution in [0.1, 0.15) is 36.4 Å². The highest BCUT2D eigenvalue weighted by molar-refractivity contribution is 7.80. The molecule has 126 valence electrons. The second kappa shape index (κ2) is 6.81. The maximum Gasteiger partial charge on any atom is 0.187 e. The summed E-state index contributed by atoms with van der Waals surface area (Å²) in [5.41, 5.74) is 10.9. The number of nitrogens with two attached hydrogens (primary N) is 1. The van der Waals surface area contributed by atoms with E-state index in [9.17, 15) is 0 Å². The first-order valence-electron chi connectivity index (χ1n) is 8.72. The van der Waals surface area contributed by atoms with Crippen molar-refractivity contribution in [2.75, 3.05) is 0 Å². The van der Waals surface area contributed by atoms with E-state index < -0.39 is 0 Å². The first kappa shape index (κ1) is 16.0. The van der Waals surface area contributed by atoms with Gasteiger partial charge in [0.2, 0.25) is 0 Å². The number of fused-ring (bicyclic) bond motifs is 1. The lowest BCUT2D eigenvalue weighted by Crippen LogP contribution is -2.34. The minimum atomic E-state index is 0.105. The van der Waals surface area contributed by atoms with Crippen molar-refractivity contribution in [2.45, 2.75) is 25.3 Å². The summed E-state index contributed by atoms with van der Waals surface area (Å²) >= 11 is 5.30. The third kappa shape index (κ3) is 3.10. The molecular formula is C21H21N3S. The van der Waals surface area contributed by atoms with E-state index in [2.05, 4.69) is 54.6 Å². The molecule has 1 fully saturated rings.